The number of para-hydroxylation sites is 2. The number of amides is 3. The number of phenolic OH excluding ortho intramolecular Hbond substituents is 1. The van der Waals surface area contributed by atoms with E-state index in [9.17, 15) is 19.5 Å². The maximum Gasteiger partial charge on any atom is 0.408 e. The molecule has 0 bridgehead atoms. The molecule has 0 aliphatic heterocycles. The molecule has 0 heterocycles. The minimum atomic E-state index is -1.12. The summed E-state index contributed by atoms with van der Waals surface area (Å²) in [5.41, 5.74) is 1.69. The number of carbonyl (C=O) groups excluding carboxylic acids is 3. The number of hydrogen-bond acceptors (Lipinski definition) is 6. The van der Waals surface area contributed by atoms with E-state index in [0.29, 0.717) is 35.4 Å². The van der Waals surface area contributed by atoms with Crippen molar-refractivity contribution in [3.05, 3.63) is 59.2 Å². The van der Waals surface area contributed by atoms with Gasteiger partial charge in [0.25, 0.3) is 5.91 Å². The van der Waals surface area contributed by atoms with Gasteiger partial charge in [0.15, 0.2) is 0 Å². The number of aromatic hydroxyl groups is 1. The summed E-state index contributed by atoms with van der Waals surface area (Å²) in [4.78, 5) is 42.7. The fourth-order valence-corrected chi connectivity index (χ4v) is 4.96. The first-order chi connectivity index (χ1) is 19.4. The predicted octanol–water partition coefficient (Wildman–Crippen LogP) is 6.74. The van der Waals surface area contributed by atoms with E-state index in [1.807, 2.05) is 31.4 Å². The Bertz CT molecular complexity index is 1160. The SMILES string of the molecule is CCCCCCN(C(=O)C(CCSC)NC(=O)OC(C)(C)C)C(C(=O)Nc1ccccc1C)c1cccc(C)c1O. The molecule has 0 spiro atoms. The Morgan fingerprint density at radius 2 is 1.68 bits per heavy atom. The summed E-state index contributed by atoms with van der Waals surface area (Å²) in [6.45, 7) is 11.3. The Morgan fingerprint density at radius 1 is 1.00 bits per heavy atom. The third-order valence-corrected chi connectivity index (χ3v) is 7.31. The molecule has 2 unspecified atom stereocenters. The van der Waals surface area contributed by atoms with Crippen molar-refractivity contribution in [1.29, 1.82) is 0 Å². The van der Waals surface area contributed by atoms with Crippen LogP contribution < -0.4 is 10.6 Å². The van der Waals surface area contributed by atoms with Crippen LogP contribution in [0.3, 0.4) is 0 Å². The van der Waals surface area contributed by atoms with Crippen molar-refractivity contribution < 1.29 is 24.2 Å². The maximum absolute atomic E-state index is 14.3. The highest BCUT2D eigenvalue weighted by molar-refractivity contribution is 7.98. The summed E-state index contributed by atoms with van der Waals surface area (Å²) >= 11 is 1.56. The smallest absolute Gasteiger partial charge is 0.408 e. The van der Waals surface area contributed by atoms with Crippen LogP contribution in [0.2, 0.25) is 0 Å². The van der Waals surface area contributed by atoms with Crippen LogP contribution >= 0.6 is 11.8 Å². The van der Waals surface area contributed by atoms with E-state index in [-0.39, 0.29) is 12.3 Å². The number of nitrogens with zero attached hydrogens (tertiary/aromatic N) is 1. The summed E-state index contributed by atoms with van der Waals surface area (Å²) in [6, 6.07) is 10.6. The topological polar surface area (TPSA) is 108 Å². The number of unbranched alkanes of at least 4 members (excludes halogenated alkanes) is 3. The second-order valence-corrected chi connectivity index (χ2v) is 12.3. The monoisotopic (exact) mass is 585 g/mol. The van der Waals surface area contributed by atoms with E-state index in [1.54, 1.807) is 63.7 Å². The lowest BCUT2D eigenvalue weighted by molar-refractivity contribution is -0.141. The van der Waals surface area contributed by atoms with Crippen LogP contribution in [0, 0.1) is 13.8 Å². The number of aryl methyl sites for hydroxylation is 2. The van der Waals surface area contributed by atoms with Crippen molar-refractivity contribution in [1.82, 2.24) is 10.2 Å². The van der Waals surface area contributed by atoms with Gasteiger partial charge in [0.1, 0.15) is 23.4 Å². The number of ether oxygens (including phenoxy) is 1. The number of nitrogens with one attached hydrogen (secondary N) is 2. The molecule has 226 valence electrons. The lowest BCUT2D eigenvalue weighted by Crippen LogP contribution is -2.52. The first kappa shape index (κ1) is 34.0. The predicted molar refractivity (Wildman–Crippen MR) is 167 cm³/mol. The van der Waals surface area contributed by atoms with E-state index in [1.165, 1.54) is 4.90 Å². The average molecular weight is 586 g/mol. The number of phenols is 1. The number of alkyl carbamates (subject to hydrolysis) is 1. The number of hydrogen-bond donors (Lipinski definition) is 3. The molecule has 2 atom stereocenters. The summed E-state index contributed by atoms with van der Waals surface area (Å²) in [5.74, 6) is -0.257. The van der Waals surface area contributed by atoms with Crippen LogP contribution in [-0.4, -0.2) is 58.1 Å². The molecule has 2 aromatic carbocycles. The molecule has 41 heavy (non-hydrogen) atoms. The molecule has 2 aromatic rings. The van der Waals surface area contributed by atoms with Gasteiger partial charge in [-0.25, -0.2) is 4.79 Å². The highest BCUT2D eigenvalue weighted by Crippen LogP contribution is 2.34. The van der Waals surface area contributed by atoms with Gasteiger partial charge >= 0.3 is 6.09 Å². The molecule has 0 saturated carbocycles. The Balaban J connectivity index is 2.59. The maximum atomic E-state index is 14.3. The van der Waals surface area contributed by atoms with E-state index >= 15 is 0 Å². The van der Waals surface area contributed by atoms with Crippen LogP contribution in [-0.2, 0) is 14.3 Å². The third-order valence-electron chi connectivity index (χ3n) is 6.66. The van der Waals surface area contributed by atoms with Gasteiger partial charge in [-0.3, -0.25) is 9.59 Å². The fraction of sp³-hybridized carbons (Fsp3) is 0.531. The van der Waals surface area contributed by atoms with E-state index in [0.717, 1.165) is 24.8 Å². The summed E-state index contributed by atoms with van der Waals surface area (Å²) in [6.07, 6.45) is 5.15. The molecule has 3 N–H and O–H groups in total. The zero-order valence-electron chi connectivity index (χ0n) is 25.6. The van der Waals surface area contributed by atoms with Crippen molar-refractivity contribution in [2.24, 2.45) is 0 Å². The second-order valence-electron chi connectivity index (χ2n) is 11.3. The largest absolute Gasteiger partial charge is 0.507 e. The van der Waals surface area contributed by atoms with E-state index in [4.69, 9.17) is 4.74 Å². The molecule has 0 aliphatic carbocycles. The molecular formula is C32H47N3O5S. The van der Waals surface area contributed by atoms with Gasteiger partial charge in [0, 0.05) is 17.8 Å². The second kappa shape index (κ2) is 16.3. The number of rotatable bonds is 14. The van der Waals surface area contributed by atoms with Crippen LogP contribution in [0.1, 0.15) is 82.5 Å². The van der Waals surface area contributed by atoms with Crippen LogP contribution in [0.5, 0.6) is 5.75 Å². The van der Waals surface area contributed by atoms with Crippen LogP contribution in [0.25, 0.3) is 0 Å². The Hall–Kier alpha value is -3.20. The van der Waals surface area contributed by atoms with Crippen molar-refractivity contribution in [2.75, 3.05) is 23.9 Å². The normalized spacial score (nSPS) is 12.8. The van der Waals surface area contributed by atoms with Gasteiger partial charge in [0.05, 0.1) is 0 Å². The molecule has 8 nitrogen and oxygen atoms in total. The lowest BCUT2D eigenvalue weighted by atomic mass is 9.98. The summed E-state index contributed by atoms with van der Waals surface area (Å²) in [5, 5.41) is 16.9. The van der Waals surface area contributed by atoms with Gasteiger partial charge in [-0.2, -0.15) is 11.8 Å². The quantitative estimate of drug-likeness (QED) is 0.212. The zero-order valence-corrected chi connectivity index (χ0v) is 26.4. The molecule has 2 rings (SSSR count). The van der Waals surface area contributed by atoms with E-state index in [2.05, 4.69) is 17.6 Å². The minimum absolute atomic E-state index is 0.0374. The van der Waals surface area contributed by atoms with Gasteiger partial charge < -0.3 is 25.4 Å². The first-order valence-electron chi connectivity index (χ1n) is 14.3. The molecule has 0 fully saturated rings. The highest BCUT2D eigenvalue weighted by atomic mass is 32.2. The minimum Gasteiger partial charge on any atom is -0.507 e. The molecular weight excluding hydrogens is 538 g/mol. The Labute approximate surface area is 249 Å². The Kier molecular flexibility index (Phi) is 13.5. The molecule has 0 aromatic heterocycles. The summed E-state index contributed by atoms with van der Waals surface area (Å²) in [7, 11) is 0. The fourth-order valence-electron chi connectivity index (χ4n) is 4.49. The standard InChI is InChI=1S/C32H47N3O5S/c1-8-9-10-13-20-35(30(38)26(19-21-41-7)34-31(39)40-32(4,5)6)27(24-17-14-16-23(3)28(24)36)29(37)33-25-18-12-11-15-22(25)2/h11-12,14-18,26-27,36H,8-10,13,19-21H2,1-7H3,(H,33,37)(H,34,39). The van der Waals surface area contributed by atoms with Gasteiger partial charge in [-0.1, -0.05) is 62.6 Å². The van der Waals surface area contributed by atoms with Gasteiger partial charge in [-0.15, -0.1) is 0 Å². The number of carbonyl (C=O) groups is 3. The number of thioether (sulfide) groups is 1. The van der Waals surface area contributed by atoms with Crippen molar-refractivity contribution in [3.63, 3.8) is 0 Å². The van der Waals surface area contributed by atoms with E-state index < -0.39 is 35.6 Å². The molecule has 0 aliphatic rings. The third kappa shape index (κ3) is 10.6. The van der Waals surface area contributed by atoms with Crippen molar-refractivity contribution in [3.8, 4) is 5.75 Å². The van der Waals surface area contributed by atoms with Crippen molar-refractivity contribution >= 4 is 35.4 Å². The zero-order chi connectivity index (χ0) is 30.6. The molecule has 0 radical (unpaired) electrons. The lowest BCUT2D eigenvalue weighted by Gasteiger charge is -2.35. The first-order valence-corrected chi connectivity index (χ1v) is 15.7. The Morgan fingerprint density at radius 3 is 2.32 bits per heavy atom. The number of benzene rings is 2. The average Bonchev–Trinajstić information content (AvgIpc) is 2.90. The van der Waals surface area contributed by atoms with Crippen molar-refractivity contribution in [2.45, 2.75) is 91.3 Å². The van der Waals surface area contributed by atoms with Crippen LogP contribution in [0.4, 0.5) is 10.5 Å². The highest BCUT2D eigenvalue weighted by Gasteiger charge is 2.37. The summed E-state index contributed by atoms with van der Waals surface area (Å²) < 4.78 is 5.46. The van der Waals surface area contributed by atoms with Crippen LogP contribution in [0.15, 0.2) is 42.5 Å². The van der Waals surface area contributed by atoms with Gasteiger partial charge in [-0.05, 0) is 76.7 Å². The molecule has 3 amide bonds. The van der Waals surface area contributed by atoms with Gasteiger partial charge in [0.2, 0.25) is 5.91 Å². The molecule has 9 heteroatoms. The number of anilines is 1. The molecule has 0 saturated heterocycles.